The molecule has 0 fully saturated rings. The van der Waals surface area contributed by atoms with E-state index in [1.807, 2.05) is 48.5 Å². The summed E-state index contributed by atoms with van der Waals surface area (Å²) >= 11 is 3.28. The third-order valence-electron chi connectivity index (χ3n) is 3.96. The number of carbonyl (C=O) groups excluding carboxylic acids is 1. The molecule has 142 valence electrons. The number of amides is 1. The molecule has 0 saturated carbocycles. The van der Waals surface area contributed by atoms with E-state index in [-0.39, 0.29) is 12.3 Å². The van der Waals surface area contributed by atoms with Crippen molar-refractivity contribution in [2.24, 2.45) is 4.99 Å². The molecule has 1 amide bonds. The number of aryl methyl sites for hydroxylation is 1. The molecule has 0 aliphatic carbocycles. The van der Waals surface area contributed by atoms with Crippen LogP contribution in [0.1, 0.15) is 6.42 Å². The quantitative estimate of drug-likeness (QED) is 0.572. The maximum Gasteiger partial charge on any atom is 0.251 e. The number of thioether (sulfide) groups is 1. The van der Waals surface area contributed by atoms with Crippen LogP contribution >= 0.6 is 23.1 Å². The SMILES string of the molecule is COc1ccc2sc(=NC(=O)CCOc3ccccc3)n(CCSC)c2c1. The standard InChI is InChI=1S/C20H22N2O3S2/c1-24-16-8-9-18-17(14-16)22(11-13-26-2)20(27-18)21-19(23)10-12-25-15-6-4-3-5-7-15/h3-9,14H,10-13H2,1-2H3. The van der Waals surface area contributed by atoms with Crippen LogP contribution in [0.4, 0.5) is 0 Å². The highest BCUT2D eigenvalue weighted by atomic mass is 32.2. The molecule has 0 atom stereocenters. The van der Waals surface area contributed by atoms with Gasteiger partial charge in [0.05, 0.1) is 30.4 Å². The van der Waals surface area contributed by atoms with Crippen LogP contribution in [0.3, 0.4) is 0 Å². The van der Waals surface area contributed by atoms with Crippen molar-refractivity contribution in [1.82, 2.24) is 4.57 Å². The lowest BCUT2D eigenvalue weighted by Gasteiger charge is -2.05. The van der Waals surface area contributed by atoms with Crippen LogP contribution in [0.5, 0.6) is 11.5 Å². The third-order valence-corrected chi connectivity index (χ3v) is 5.61. The topological polar surface area (TPSA) is 52.8 Å². The van der Waals surface area contributed by atoms with Gasteiger partial charge in [0.25, 0.3) is 5.91 Å². The number of hydrogen-bond acceptors (Lipinski definition) is 5. The van der Waals surface area contributed by atoms with Gasteiger partial charge in [-0.1, -0.05) is 29.5 Å². The monoisotopic (exact) mass is 402 g/mol. The summed E-state index contributed by atoms with van der Waals surface area (Å²) in [5, 5.41) is 0. The van der Waals surface area contributed by atoms with Gasteiger partial charge in [-0.3, -0.25) is 4.79 Å². The van der Waals surface area contributed by atoms with Crippen molar-refractivity contribution in [3.8, 4) is 11.5 Å². The van der Waals surface area contributed by atoms with Gasteiger partial charge in [0.1, 0.15) is 11.5 Å². The predicted molar refractivity (Wildman–Crippen MR) is 112 cm³/mol. The lowest BCUT2D eigenvalue weighted by Crippen LogP contribution is -2.18. The van der Waals surface area contributed by atoms with Crippen molar-refractivity contribution in [2.75, 3.05) is 25.7 Å². The number of thiazole rings is 1. The number of carbonyl (C=O) groups is 1. The average Bonchev–Trinajstić information content (AvgIpc) is 3.03. The lowest BCUT2D eigenvalue weighted by atomic mass is 10.3. The summed E-state index contributed by atoms with van der Waals surface area (Å²) in [7, 11) is 1.65. The van der Waals surface area contributed by atoms with Crippen LogP contribution in [-0.4, -0.2) is 36.2 Å². The van der Waals surface area contributed by atoms with Crippen molar-refractivity contribution in [2.45, 2.75) is 13.0 Å². The van der Waals surface area contributed by atoms with Crippen molar-refractivity contribution in [1.29, 1.82) is 0 Å². The second-order valence-corrected chi connectivity index (χ2v) is 7.77. The number of ether oxygens (including phenoxy) is 2. The Morgan fingerprint density at radius 3 is 2.74 bits per heavy atom. The number of methoxy groups -OCH3 is 1. The van der Waals surface area contributed by atoms with E-state index < -0.39 is 0 Å². The second-order valence-electron chi connectivity index (χ2n) is 5.78. The fraction of sp³-hybridized carbons (Fsp3) is 0.300. The molecule has 27 heavy (non-hydrogen) atoms. The van der Waals surface area contributed by atoms with Gasteiger partial charge in [0.2, 0.25) is 0 Å². The summed E-state index contributed by atoms with van der Waals surface area (Å²) < 4.78 is 14.1. The van der Waals surface area contributed by atoms with Crippen molar-refractivity contribution < 1.29 is 14.3 Å². The van der Waals surface area contributed by atoms with Crippen molar-refractivity contribution in [3.05, 3.63) is 53.3 Å². The fourth-order valence-corrected chi connectivity index (χ4v) is 4.01. The Balaban J connectivity index is 1.79. The maximum atomic E-state index is 12.3. The van der Waals surface area contributed by atoms with Crippen LogP contribution in [0.25, 0.3) is 10.2 Å². The van der Waals surface area contributed by atoms with Crippen LogP contribution in [0.15, 0.2) is 53.5 Å². The summed E-state index contributed by atoms with van der Waals surface area (Å²) in [6, 6.07) is 15.4. The minimum absolute atomic E-state index is 0.178. The molecule has 0 saturated heterocycles. The summed E-state index contributed by atoms with van der Waals surface area (Å²) in [5.74, 6) is 2.32. The van der Waals surface area contributed by atoms with Gasteiger partial charge in [0, 0.05) is 18.4 Å². The molecule has 5 nitrogen and oxygen atoms in total. The summed E-state index contributed by atoms with van der Waals surface area (Å²) in [6.45, 7) is 1.11. The first kappa shape index (κ1) is 19.5. The van der Waals surface area contributed by atoms with E-state index in [9.17, 15) is 4.79 Å². The second kappa shape index (κ2) is 9.62. The lowest BCUT2D eigenvalue weighted by molar-refractivity contribution is -0.118. The van der Waals surface area contributed by atoms with Crippen LogP contribution < -0.4 is 14.3 Å². The molecule has 0 unspecified atom stereocenters. The highest BCUT2D eigenvalue weighted by Gasteiger charge is 2.09. The molecule has 3 aromatic rings. The van der Waals surface area contributed by atoms with E-state index in [1.165, 1.54) is 11.3 Å². The Hall–Kier alpha value is -2.25. The van der Waals surface area contributed by atoms with Crippen molar-refractivity contribution >= 4 is 39.2 Å². The molecule has 0 bridgehead atoms. The van der Waals surface area contributed by atoms with Crippen LogP contribution in [-0.2, 0) is 11.3 Å². The minimum Gasteiger partial charge on any atom is -0.497 e. The number of rotatable bonds is 8. The normalized spacial score (nSPS) is 11.7. The molecule has 0 aliphatic rings. The predicted octanol–water partition coefficient (Wildman–Crippen LogP) is 3.97. The van der Waals surface area contributed by atoms with E-state index in [1.54, 1.807) is 18.9 Å². The Labute approximate surface area is 166 Å². The first-order valence-corrected chi connectivity index (χ1v) is 10.8. The van der Waals surface area contributed by atoms with Gasteiger partial charge in [-0.2, -0.15) is 16.8 Å². The largest absolute Gasteiger partial charge is 0.497 e. The van der Waals surface area contributed by atoms with Gasteiger partial charge in [-0.05, 0) is 30.5 Å². The van der Waals surface area contributed by atoms with E-state index >= 15 is 0 Å². The number of nitrogens with zero attached hydrogens (tertiary/aromatic N) is 2. The van der Waals surface area contributed by atoms with Gasteiger partial charge in [0.15, 0.2) is 4.80 Å². The molecule has 7 heteroatoms. The van der Waals surface area contributed by atoms with E-state index in [0.29, 0.717) is 6.61 Å². The van der Waals surface area contributed by atoms with Gasteiger partial charge in [-0.25, -0.2) is 0 Å². The van der Waals surface area contributed by atoms with Gasteiger partial charge < -0.3 is 14.0 Å². The Kier molecular flexibility index (Phi) is 6.95. The number of para-hydroxylation sites is 1. The third kappa shape index (κ3) is 5.14. The smallest absolute Gasteiger partial charge is 0.251 e. The van der Waals surface area contributed by atoms with Gasteiger partial charge in [-0.15, -0.1) is 0 Å². The Morgan fingerprint density at radius 1 is 1.19 bits per heavy atom. The first-order chi connectivity index (χ1) is 13.2. The molecule has 1 heterocycles. The average molecular weight is 403 g/mol. The van der Waals surface area contributed by atoms with Crippen molar-refractivity contribution in [3.63, 3.8) is 0 Å². The van der Waals surface area contributed by atoms with E-state index in [4.69, 9.17) is 9.47 Å². The number of benzene rings is 2. The fourth-order valence-electron chi connectivity index (χ4n) is 2.60. The van der Waals surface area contributed by atoms with E-state index in [2.05, 4.69) is 15.8 Å². The molecule has 0 N–H and O–H groups in total. The Bertz CT molecular complexity index is 964. The molecule has 0 radical (unpaired) electrons. The molecule has 0 aliphatic heterocycles. The highest BCUT2D eigenvalue weighted by molar-refractivity contribution is 7.98. The maximum absolute atomic E-state index is 12.3. The first-order valence-electron chi connectivity index (χ1n) is 8.63. The zero-order valence-electron chi connectivity index (χ0n) is 15.4. The number of hydrogen-bond donors (Lipinski definition) is 0. The van der Waals surface area contributed by atoms with Gasteiger partial charge >= 0.3 is 0 Å². The molecule has 3 rings (SSSR count). The van der Waals surface area contributed by atoms with Crippen LogP contribution in [0, 0.1) is 0 Å². The molecule has 2 aromatic carbocycles. The molecule has 0 spiro atoms. The number of aromatic nitrogens is 1. The summed E-state index contributed by atoms with van der Waals surface area (Å²) in [6.07, 6.45) is 2.31. The summed E-state index contributed by atoms with van der Waals surface area (Å²) in [5.41, 5.74) is 1.04. The number of fused-ring (bicyclic) bond motifs is 1. The van der Waals surface area contributed by atoms with E-state index in [0.717, 1.165) is 38.8 Å². The highest BCUT2D eigenvalue weighted by Crippen LogP contribution is 2.23. The summed E-state index contributed by atoms with van der Waals surface area (Å²) in [4.78, 5) is 17.4. The minimum atomic E-state index is -0.178. The molecular formula is C20H22N2O3S2. The zero-order chi connectivity index (χ0) is 19.1. The zero-order valence-corrected chi connectivity index (χ0v) is 17.0. The molecular weight excluding hydrogens is 380 g/mol. The van der Waals surface area contributed by atoms with Crippen LogP contribution in [0.2, 0.25) is 0 Å². The molecule has 1 aromatic heterocycles. The Morgan fingerprint density at radius 2 is 2.00 bits per heavy atom.